The molecule has 0 saturated heterocycles. The smallest absolute Gasteiger partial charge is 0.337 e. The van der Waals surface area contributed by atoms with E-state index in [1.165, 1.54) is 17.5 Å². The summed E-state index contributed by atoms with van der Waals surface area (Å²) in [5.74, 6) is -0.506. The second-order valence-electron chi connectivity index (χ2n) is 4.89. The molecule has 122 valence electrons. The van der Waals surface area contributed by atoms with Gasteiger partial charge < -0.3 is 10.5 Å². The Labute approximate surface area is 137 Å². The Morgan fingerprint density at radius 3 is 2.43 bits per heavy atom. The predicted molar refractivity (Wildman–Crippen MR) is 89.8 cm³/mol. The number of nitrogens with zero attached hydrogens (tertiary/aromatic N) is 1. The number of aryl methyl sites for hydroxylation is 1. The molecule has 0 saturated carbocycles. The quantitative estimate of drug-likeness (QED) is 0.647. The Hall–Kier alpha value is -2.22. The van der Waals surface area contributed by atoms with Crippen LogP contribution < -0.4 is 10.0 Å². The third-order valence-corrected chi connectivity index (χ3v) is 4.13. The molecule has 0 spiro atoms. The minimum absolute atomic E-state index is 0.308. The van der Waals surface area contributed by atoms with Crippen molar-refractivity contribution in [2.75, 3.05) is 11.4 Å². The van der Waals surface area contributed by atoms with E-state index in [-0.39, 0.29) is 0 Å². The summed E-state index contributed by atoms with van der Waals surface area (Å²) < 4.78 is 27.5. The van der Waals surface area contributed by atoms with Crippen molar-refractivity contribution in [2.24, 2.45) is 5.73 Å². The number of methoxy groups -OCH3 is 1. The van der Waals surface area contributed by atoms with E-state index >= 15 is 0 Å². The molecule has 2 rings (SSSR count). The minimum Gasteiger partial charge on any atom is -0.465 e. The summed E-state index contributed by atoms with van der Waals surface area (Å²) >= 11 is -2.30. The molecule has 23 heavy (non-hydrogen) atoms. The number of rotatable bonds is 5. The van der Waals surface area contributed by atoms with E-state index < -0.39 is 17.2 Å². The Morgan fingerprint density at radius 1 is 1.26 bits per heavy atom. The minimum atomic E-state index is -2.30. The van der Waals surface area contributed by atoms with Crippen molar-refractivity contribution in [3.8, 4) is 0 Å². The van der Waals surface area contributed by atoms with Crippen LogP contribution in [0.2, 0.25) is 0 Å². The molecule has 0 fully saturated rings. The molecule has 0 heterocycles. The second kappa shape index (κ2) is 7.36. The topological polar surface area (TPSA) is 92.9 Å². The first-order valence-electron chi connectivity index (χ1n) is 6.87. The maximum atomic E-state index is 11.9. The van der Waals surface area contributed by atoms with Gasteiger partial charge in [0.05, 0.1) is 24.0 Å². The van der Waals surface area contributed by atoms with Crippen LogP contribution in [0.3, 0.4) is 0 Å². The van der Waals surface area contributed by atoms with Crippen LogP contribution >= 0.6 is 0 Å². The molecule has 0 bridgehead atoms. The van der Waals surface area contributed by atoms with Gasteiger partial charge in [-0.1, -0.05) is 18.2 Å². The molecule has 6 nitrogen and oxygen atoms in total. The van der Waals surface area contributed by atoms with Gasteiger partial charge in [-0.3, -0.25) is 4.55 Å². The van der Waals surface area contributed by atoms with E-state index in [9.17, 15) is 13.6 Å². The van der Waals surface area contributed by atoms with Crippen molar-refractivity contribution < 1.29 is 18.3 Å². The Bertz CT molecular complexity index is 731. The van der Waals surface area contributed by atoms with Gasteiger partial charge in [-0.15, -0.1) is 0 Å². The van der Waals surface area contributed by atoms with Crippen LogP contribution in [0, 0.1) is 6.92 Å². The molecule has 3 N–H and O–H groups in total. The number of carbonyl (C=O) groups is 1. The van der Waals surface area contributed by atoms with E-state index in [4.69, 9.17) is 10.5 Å². The largest absolute Gasteiger partial charge is 0.465 e. The lowest BCUT2D eigenvalue weighted by Gasteiger charge is -2.22. The SMILES string of the molecule is COC(=O)c1ccc(C)c(N(c2ccc(CN)cc2)S(=O)O)c1. The Morgan fingerprint density at radius 2 is 1.91 bits per heavy atom. The Balaban J connectivity index is 2.52. The van der Waals surface area contributed by atoms with Gasteiger partial charge in [-0.05, 0) is 42.3 Å². The highest BCUT2D eigenvalue weighted by Gasteiger charge is 2.19. The van der Waals surface area contributed by atoms with E-state index in [0.717, 1.165) is 11.1 Å². The van der Waals surface area contributed by atoms with E-state index in [0.29, 0.717) is 23.5 Å². The number of esters is 1. The molecule has 0 aliphatic heterocycles. The van der Waals surface area contributed by atoms with Gasteiger partial charge >= 0.3 is 5.97 Å². The van der Waals surface area contributed by atoms with Crippen LogP contribution in [0.5, 0.6) is 0 Å². The number of ether oxygens (including phenoxy) is 1. The van der Waals surface area contributed by atoms with E-state index in [1.54, 1.807) is 43.3 Å². The van der Waals surface area contributed by atoms with Crippen molar-refractivity contribution in [2.45, 2.75) is 13.5 Å². The second-order valence-corrected chi connectivity index (χ2v) is 5.72. The summed E-state index contributed by atoms with van der Waals surface area (Å²) in [6.07, 6.45) is 0. The Kier molecular flexibility index (Phi) is 5.49. The number of nitrogens with two attached hydrogens (primary N) is 1. The lowest BCUT2D eigenvalue weighted by Crippen LogP contribution is -2.20. The van der Waals surface area contributed by atoms with Gasteiger partial charge in [0.15, 0.2) is 0 Å². The van der Waals surface area contributed by atoms with Crippen molar-refractivity contribution >= 4 is 28.6 Å². The zero-order valence-corrected chi connectivity index (χ0v) is 13.7. The highest BCUT2D eigenvalue weighted by molar-refractivity contribution is 7.81. The fourth-order valence-corrected chi connectivity index (χ4v) is 2.82. The van der Waals surface area contributed by atoms with Gasteiger partial charge in [0, 0.05) is 6.54 Å². The summed E-state index contributed by atoms with van der Waals surface area (Å²) in [6.45, 7) is 2.18. The lowest BCUT2D eigenvalue weighted by molar-refractivity contribution is 0.0600. The molecular formula is C16H18N2O4S. The summed E-state index contributed by atoms with van der Waals surface area (Å²) in [5, 5.41) is 0. The molecule has 0 aromatic heterocycles. The molecule has 7 heteroatoms. The third-order valence-electron chi connectivity index (χ3n) is 3.41. The van der Waals surface area contributed by atoms with Gasteiger partial charge in [0.1, 0.15) is 0 Å². The summed E-state index contributed by atoms with van der Waals surface area (Å²) in [5.41, 5.74) is 8.51. The maximum Gasteiger partial charge on any atom is 0.337 e. The first kappa shape index (κ1) is 17.1. The van der Waals surface area contributed by atoms with Crippen LogP contribution in [0.25, 0.3) is 0 Å². The first-order chi connectivity index (χ1) is 11.0. The normalized spacial score (nSPS) is 11.8. The lowest BCUT2D eigenvalue weighted by atomic mass is 10.1. The summed E-state index contributed by atoms with van der Waals surface area (Å²) in [6, 6.07) is 11.8. The molecule has 2 aromatic rings. The van der Waals surface area contributed by atoms with E-state index in [1.807, 2.05) is 0 Å². The van der Waals surface area contributed by atoms with Crippen LogP contribution in [0.15, 0.2) is 42.5 Å². The third kappa shape index (κ3) is 3.76. The predicted octanol–water partition coefficient (Wildman–Crippen LogP) is 2.52. The molecule has 0 amide bonds. The number of anilines is 2. The zero-order chi connectivity index (χ0) is 17.0. The number of hydrogen-bond acceptors (Lipinski definition) is 4. The summed E-state index contributed by atoms with van der Waals surface area (Å²) in [7, 11) is 1.29. The van der Waals surface area contributed by atoms with Crippen LogP contribution in [-0.2, 0) is 22.5 Å². The van der Waals surface area contributed by atoms with Crippen molar-refractivity contribution in [3.63, 3.8) is 0 Å². The van der Waals surface area contributed by atoms with E-state index in [2.05, 4.69) is 0 Å². The standard InChI is InChI=1S/C16H18N2O4S/c1-11-3-6-13(16(19)22-2)9-15(11)18(23(20)21)14-7-4-12(10-17)5-8-14/h3-9H,10,17H2,1-2H3,(H,20,21). The van der Waals surface area contributed by atoms with Gasteiger partial charge in [-0.2, -0.15) is 0 Å². The van der Waals surface area contributed by atoms with Crippen LogP contribution in [-0.4, -0.2) is 21.8 Å². The fourth-order valence-electron chi connectivity index (χ4n) is 2.15. The molecule has 0 radical (unpaired) electrons. The molecule has 1 unspecified atom stereocenters. The monoisotopic (exact) mass is 334 g/mol. The van der Waals surface area contributed by atoms with Gasteiger partial charge in [-0.25, -0.2) is 13.3 Å². The number of carbonyl (C=O) groups excluding carboxylic acids is 1. The molecular weight excluding hydrogens is 316 g/mol. The fraction of sp³-hybridized carbons (Fsp3) is 0.188. The zero-order valence-electron chi connectivity index (χ0n) is 12.9. The maximum absolute atomic E-state index is 11.9. The average molecular weight is 334 g/mol. The number of benzene rings is 2. The molecule has 0 aliphatic rings. The van der Waals surface area contributed by atoms with Crippen LogP contribution in [0.4, 0.5) is 11.4 Å². The van der Waals surface area contributed by atoms with Crippen molar-refractivity contribution in [3.05, 3.63) is 59.2 Å². The molecule has 1 atom stereocenters. The van der Waals surface area contributed by atoms with Crippen molar-refractivity contribution in [1.82, 2.24) is 0 Å². The molecule has 2 aromatic carbocycles. The first-order valence-corrected chi connectivity index (χ1v) is 7.93. The van der Waals surface area contributed by atoms with Gasteiger partial charge in [0.25, 0.3) is 11.3 Å². The van der Waals surface area contributed by atoms with Crippen LogP contribution in [0.1, 0.15) is 21.5 Å². The molecule has 0 aliphatic carbocycles. The number of hydrogen-bond donors (Lipinski definition) is 2. The van der Waals surface area contributed by atoms with Gasteiger partial charge in [0.2, 0.25) is 0 Å². The van der Waals surface area contributed by atoms with Crippen molar-refractivity contribution in [1.29, 1.82) is 0 Å². The highest BCUT2D eigenvalue weighted by atomic mass is 32.2. The average Bonchev–Trinajstić information content (AvgIpc) is 2.56. The summed E-state index contributed by atoms with van der Waals surface area (Å²) in [4.78, 5) is 11.7. The highest BCUT2D eigenvalue weighted by Crippen LogP contribution is 2.31.